The number of amides is 2. The van der Waals surface area contributed by atoms with Gasteiger partial charge in [-0.2, -0.15) is 0 Å². The van der Waals surface area contributed by atoms with Gasteiger partial charge in [-0.05, 0) is 66.9 Å². The molecular formula is C37H41BrClN3O7S. The molecule has 0 aliphatic rings. The van der Waals surface area contributed by atoms with Gasteiger partial charge in [-0.3, -0.25) is 13.9 Å². The van der Waals surface area contributed by atoms with Crippen molar-refractivity contribution in [1.29, 1.82) is 0 Å². The molecular weight excluding hydrogens is 746 g/mol. The fourth-order valence-corrected chi connectivity index (χ4v) is 7.35. The van der Waals surface area contributed by atoms with Gasteiger partial charge in [-0.25, -0.2) is 8.42 Å². The summed E-state index contributed by atoms with van der Waals surface area (Å²) in [7, 11) is -0.263. The summed E-state index contributed by atoms with van der Waals surface area (Å²) in [6.45, 7) is 3.17. The highest BCUT2D eigenvalue weighted by atomic mass is 79.9. The van der Waals surface area contributed by atoms with Crippen LogP contribution in [0.3, 0.4) is 0 Å². The molecule has 0 radical (unpaired) electrons. The molecule has 0 heterocycles. The molecule has 4 rings (SSSR count). The van der Waals surface area contributed by atoms with E-state index in [1.165, 1.54) is 56.6 Å². The molecule has 2 atom stereocenters. The Kier molecular flexibility index (Phi) is 13.6. The van der Waals surface area contributed by atoms with Crippen LogP contribution < -0.4 is 23.8 Å². The monoisotopic (exact) mass is 785 g/mol. The second kappa shape index (κ2) is 17.6. The maximum atomic E-state index is 14.8. The van der Waals surface area contributed by atoms with Crippen LogP contribution in [-0.4, -0.2) is 65.1 Å². The molecule has 4 aromatic carbocycles. The molecule has 0 aliphatic heterocycles. The van der Waals surface area contributed by atoms with E-state index in [4.69, 9.17) is 25.8 Å². The first-order valence-corrected chi connectivity index (χ1v) is 18.5. The topological polar surface area (TPSA) is 114 Å². The molecule has 0 saturated heterocycles. The predicted octanol–water partition coefficient (Wildman–Crippen LogP) is 6.88. The van der Waals surface area contributed by atoms with Crippen molar-refractivity contribution in [2.75, 3.05) is 32.2 Å². The van der Waals surface area contributed by atoms with Gasteiger partial charge in [0.25, 0.3) is 10.0 Å². The first kappa shape index (κ1) is 38.5. The Hall–Kier alpha value is -4.26. The molecule has 4 aromatic rings. The van der Waals surface area contributed by atoms with E-state index in [0.29, 0.717) is 12.2 Å². The highest BCUT2D eigenvalue weighted by Gasteiger charge is 2.36. The fourth-order valence-electron chi connectivity index (χ4n) is 5.30. The second-order valence-corrected chi connectivity index (χ2v) is 14.7. The van der Waals surface area contributed by atoms with Crippen molar-refractivity contribution >= 4 is 55.1 Å². The Bertz CT molecular complexity index is 1900. The molecule has 0 spiro atoms. The Morgan fingerprint density at radius 1 is 0.840 bits per heavy atom. The SMILES string of the molecule is CCC(C)NC(=O)C(Cc1ccccc1)N(Cc1cccc(Br)c1)C(=O)CN(c1cc(Cl)ccc1OC)S(=O)(=O)c1ccc(OC)c(OC)c1. The number of methoxy groups -OCH3 is 3. The third-order valence-electron chi connectivity index (χ3n) is 8.15. The lowest BCUT2D eigenvalue weighted by atomic mass is 10.0. The molecule has 10 nitrogen and oxygen atoms in total. The van der Waals surface area contributed by atoms with Crippen LogP contribution in [0.5, 0.6) is 17.2 Å². The minimum Gasteiger partial charge on any atom is -0.495 e. The number of carbonyl (C=O) groups is 2. The Labute approximate surface area is 307 Å². The van der Waals surface area contributed by atoms with Gasteiger partial charge in [-0.15, -0.1) is 0 Å². The van der Waals surface area contributed by atoms with E-state index >= 15 is 0 Å². The van der Waals surface area contributed by atoms with Gasteiger partial charge >= 0.3 is 0 Å². The van der Waals surface area contributed by atoms with Crippen LogP contribution in [0.1, 0.15) is 31.4 Å². The summed E-state index contributed by atoms with van der Waals surface area (Å²) in [6.07, 6.45) is 0.862. The lowest BCUT2D eigenvalue weighted by molar-refractivity contribution is -0.140. The van der Waals surface area contributed by atoms with E-state index in [9.17, 15) is 18.0 Å². The van der Waals surface area contributed by atoms with Crippen molar-refractivity contribution in [1.82, 2.24) is 10.2 Å². The van der Waals surface area contributed by atoms with Crippen molar-refractivity contribution in [2.24, 2.45) is 0 Å². The highest BCUT2D eigenvalue weighted by molar-refractivity contribution is 9.10. The molecule has 0 fully saturated rings. The van der Waals surface area contributed by atoms with Gasteiger partial charge in [0.15, 0.2) is 11.5 Å². The Morgan fingerprint density at radius 2 is 1.50 bits per heavy atom. The zero-order chi connectivity index (χ0) is 36.4. The van der Waals surface area contributed by atoms with Crippen molar-refractivity contribution < 1.29 is 32.2 Å². The zero-order valence-electron chi connectivity index (χ0n) is 28.6. The van der Waals surface area contributed by atoms with Crippen molar-refractivity contribution in [3.05, 3.63) is 112 Å². The first-order chi connectivity index (χ1) is 23.9. The second-order valence-electron chi connectivity index (χ2n) is 11.5. The number of ether oxygens (including phenoxy) is 3. The third-order valence-corrected chi connectivity index (χ3v) is 10.6. The van der Waals surface area contributed by atoms with E-state index in [2.05, 4.69) is 21.2 Å². The summed E-state index contributed by atoms with van der Waals surface area (Å²) in [5.74, 6) is -0.317. The van der Waals surface area contributed by atoms with Gasteiger partial charge in [0.2, 0.25) is 11.8 Å². The van der Waals surface area contributed by atoms with Crippen LogP contribution in [0, 0.1) is 0 Å². The van der Waals surface area contributed by atoms with Gasteiger partial charge in [0.1, 0.15) is 18.3 Å². The normalized spacial score (nSPS) is 12.4. The number of benzene rings is 4. The average Bonchev–Trinajstić information content (AvgIpc) is 3.11. The van der Waals surface area contributed by atoms with Crippen LogP contribution >= 0.6 is 27.5 Å². The summed E-state index contributed by atoms with van der Waals surface area (Å²) < 4.78 is 47.2. The maximum absolute atomic E-state index is 14.8. The number of hydrogen-bond donors (Lipinski definition) is 1. The van der Waals surface area contributed by atoms with E-state index in [1.807, 2.05) is 68.4 Å². The van der Waals surface area contributed by atoms with Crippen LogP contribution in [-0.2, 0) is 32.6 Å². The number of nitrogens with one attached hydrogen (secondary N) is 1. The number of halogens is 2. The van der Waals surface area contributed by atoms with Crippen molar-refractivity contribution in [2.45, 2.75) is 50.2 Å². The van der Waals surface area contributed by atoms with Gasteiger partial charge < -0.3 is 24.4 Å². The largest absolute Gasteiger partial charge is 0.495 e. The molecule has 1 N–H and O–H groups in total. The first-order valence-electron chi connectivity index (χ1n) is 15.9. The smallest absolute Gasteiger partial charge is 0.265 e. The number of sulfonamides is 1. The summed E-state index contributed by atoms with van der Waals surface area (Å²) in [6, 6.07) is 24.2. The van der Waals surface area contributed by atoms with E-state index < -0.39 is 28.5 Å². The molecule has 13 heteroatoms. The molecule has 2 unspecified atom stereocenters. The summed E-state index contributed by atoms with van der Waals surface area (Å²) >= 11 is 9.90. The van der Waals surface area contributed by atoms with Crippen LogP contribution in [0.4, 0.5) is 5.69 Å². The zero-order valence-corrected chi connectivity index (χ0v) is 31.7. The van der Waals surface area contributed by atoms with Crippen molar-refractivity contribution in [3.8, 4) is 17.2 Å². The number of anilines is 1. The highest BCUT2D eigenvalue weighted by Crippen LogP contribution is 2.37. The number of hydrogen-bond acceptors (Lipinski definition) is 7. The predicted molar refractivity (Wildman–Crippen MR) is 199 cm³/mol. The Balaban J connectivity index is 1.89. The standard InChI is InChI=1S/C37H41BrClN3O7S/c1-6-25(2)40-37(44)32(20-26-11-8-7-9-12-26)41(23-27-13-10-14-28(38)19-27)36(43)24-42(31-21-29(39)15-17-33(31)47-3)50(45,46)30-16-18-34(48-4)35(22-30)49-5/h7-19,21-22,25,32H,6,20,23-24H2,1-5H3,(H,40,44). The lowest BCUT2D eigenvalue weighted by Crippen LogP contribution is -2.54. The quantitative estimate of drug-likeness (QED) is 0.132. The summed E-state index contributed by atoms with van der Waals surface area (Å²) in [4.78, 5) is 30.1. The third kappa shape index (κ3) is 9.49. The average molecular weight is 787 g/mol. The van der Waals surface area contributed by atoms with E-state index in [-0.39, 0.29) is 52.0 Å². The molecule has 50 heavy (non-hydrogen) atoms. The lowest BCUT2D eigenvalue weighted by Gasteiger charge is -2.34. The molecule has 0 bridgehead atoms. The molecule has 0 aromatic heterocycles. The van der Waals surface area contributed by atoms with Crippen LogP contribution in [0.25, 0.3) is 0 Å². The van der Waals surface area contributed by atoms with E-state index in [0.717, 1.165) is 19.9 Å². The maximum Gasteiger partial charge on any atom is 0.265 e. The van der Waals surface area contributed by atoms with Crippen LogP contribution in [0.2, 0.25) is 5.02 Å². The molecule has 2 amide bonds. The Morgan fingerprint density at radius 3 is 2.14 bits per heavy atom. The summed E-state index contributed by atoms with van der Waals surface area (Å²) in [5.41, 5.74) is 1.60. The molecule has 0 aliphatic carbocycles. The summed E-state index contributed by atoms with van der Waals surface area (Å²) in [5, 5.41) is 3.26. The molecule has 266 valence electrons. The number of rotatable bonds is 16. The number of nitrogens with zero attached hydrogens (tertiary/aromatic N) is 2. The van der Waals surface area contributed by atoms with Gasteiger partial charge in [0, 0.05) is 34.6 Å². The minimum absolute atomic E-state index is 0.0145. The number of carbonyl (C=O) groups excluding carboxylic acids is 2. The minimum atomic E-state index is -4.49. The van der Waals surface area contributed by atoms with Crippen molar-refractivity contribution in [3.63, 3.8) is 0 Å². The van der Waals surface area contributed by atoms with Crippen LogP contribution in [0.15, 0.2) is 100 Å². The van der Waals surface area contributed by atoms with E-state index in [1.54, 1.807) is 6.07 Å². The fraction of sp³-hybridized carbons (Fsp3) is 0.297. The molecule has 0 saturated carbocycles. The van der Waals surface area contributed by atoms with Gasteiger partial charge in [-0.1, -0.05) is 76.9 Å². The van der Waals surface area contributed by atoms with Gasteiger partial charge in [0.05, 0.1) is 31.9 Å².